The van der Waals surface area contributed by atoms with Crippen LogP contribution in [0, 0.1) is 0 Å². The van der Waals surface area contributed by atoms with Crippen LogP contribution in [0.15, 0.2) is 29.6 Å². The van der Waals surface area contributed by atoms with E-state index < -0.39 is 0 Å². The summed E-state index contributed by atoms with van der Waals surface area (Å²) in [4.78, 5) is 4.49. The second-order valence-electron chi connectivity index (χ2n) is 3.50. The van der Waals surface area contributed by atoms with Crippen LogP contribution in [0.4, 0.5) is 0 Å². The van der Waals surface area contributed by atoms with Gasteiger partial charge < -0.3 is 10.5 Å². The Kier molecular flexibility index (Phi) is 4.50. The Bertz CT molecular complexity index is 487. The Balaban J connectivity index is 2.07. The van der Waals surface area contributed by atoms with Gasteiger partial charge in [0.05, 0.1) is 18.9 Å². The van der Waals surface area contributed by atoms with Crippen molar-refractivity contribution in [3.05, 3.63) is 40.4 Å². The minimum atomic E-state index is 0.508. The lowest BCUT2D eigenvalue weighted by molar-refractivity contribution is 0.126. The summed E-state index contributed by atoms with van der Waals surface area (Å²) in [7, 11) is 0. The van der Waals surface area contributed by atoms with Crippen LogP contribution in [-0.2, 0) is 11.3 Å². The van der Waals surface area contributed by atoms with E-state index in [0.29, 0.717) is 19.8 Å². The molecule has 90 valence electrons. The summed E-state index contributed by atoms with van der Waals surface area (Å²) in [6.07, 6.45) is 0. The van der Waals surface area contributed by atoms with Gasteiger partial charge in [0.1, 0.15) is 5.01 Å². The third-order valence-electron chi connectivity index (χ3n) is 2.14. The maximum Gasteiger partial charge on any atom is 0.123 e. The van der Waals surface area contributed by atoms with Crippen molar-refractivity contribution in [3.63, 3.8) is 0 Å². The van der Waals surface area contributed by atoms with Crippen LogP contribution in [0.1, 0.15) is 5.69 Å². The quantitative estimate of drug-likeness (QED) is 0.848. The fourth-order valence-electron chi connectivity index (χ4n) is 1.39. The van der Waals surface area contributed by atoms with E-state index in [1.54, 1.807) is 11.3 Å². The summed E-state index contributed by atoms with van der Waals surface area (Å²) in [5.74, 6) is 0. The number of hydrogen-bond donors (Lipinski definition) is 1. The van der Waals surface area contributed by atoms with Crippen molar-refractivity contribution < 1.29 is 4.74 Å². The van der Waals surface area contributed by atoms with Crippen molar-refractivity contribution in [3.8, 4) is 10.6 Å². The number of halogens is 1. The summed E-state index contributed by atoms with van der Waals surface area (Å²) in [5.41, 5.74) is 7.31. The van der Waals surface area contributed by atoms with E-state index in [1.165, 1.54) is 0 Å². The first-order chi connectivity index (χ1) is 8.29. The van der Waals surface area contributed by atoms with Gasteiger partial charge in [0.15, 0.2) is 0 Å². The van der Waals surface area contributed by atoms with E-state index in [1.807, 2.05) is 29.6 Å². The highest BCUT2D eigenvalue weighted by atomic mass is 35.5. The fraction of sp³-hybridized carbons (Fsp3) is 0.250. The predicted octanol–water partition coefficient (Wildman–Crippen LogP) is 2.94. The van der Waals surface area contributed by atoms with Crippen molar-refractivity contribution in [2.45, 2.75) is 6.61 Å². The summed E-state index contributed by atoms with van der Waals surface area (Å²) < 4.78 is 5.33. The van der Waals surface area contributed by atoms with Crippen LogP contribution in [-0.4, -0.2) is 18.1 Å². The first kappa shape index (κ1) is 12.5. The second-order valence-corrected chi connectivity index (χ2v) is 4.79. The molecule has 0 spiro atoms. The molecule has 2 rings (SSSR count). The maximum atomic E-state index is 5.94. The highest BCUT2D eigenvalue weighted by Crippen LogP contribution is 2.26. The second kappa shape index (κ2) is 6.12. The number of thiazole rings is 1. The zero-order chi connectivity index (χ0) is 12.1. The molecule has 0 radical (unpaired) electrons. The highest BCUT2D eigenvalue weighted by Gasteiger charge is 2.05. The van der Waals surface area contributed by atoms with Gasteiger partial charge in [0, 0.05) is 22.5 Å². The molecule has 0 saturated carbocycles. The number of ether oxygens (including phenoxy) is 1. The maximum absolute atomic E-state index is 5.94. The molecule has 0 unspecified atom stereocenters. The van der Waals surface area contributed by atoms with Crippen molar-refractivity contribution >= 4 is 22.9 Å². The molecule has 0 aliphatic rings. The van der Waals surface area contributed by atoms with Gasteiger partial charge in [-0.15, -0.1) is 11.3 Å². The molecule has 1 aromatic heterocycles. The third-order valence-corrected chi connectivity index (χ3v) is 3.31. The lowest BCUT2D eigenvalue weighted by Gasteiger charge is -1.98. The highest BCUT2D eigenvalue weighted by molar-refractivity contribution is 7.13. The van der Waals surface area contributed by atoms with Crippen LogP contribution < -0.4 is 5.73 Å². The molecule has 0 aliphatic heterocycles. The number of hydrogen-bond acceptors (Lipinski definition) is 4. The molecule has 0 amide bonds. The monoisotopic (exact) mass is 268 g/mol. The van der Waals surface area contributed by atoms with E-state index in [9.17, 15) is 0 Å². The van der Waals surface area contributed by atoms with Gasteiger partial charge in [-0.25, -0.2) is 4.98 Å². The summed E-state index contributed by atoms with van der Waals surface area (Å²) in [6.45, 7) is 1.60. The summed E-state index contributed by atoms with van der Waals surface area (Å²) >= 11 is 7.53. The van der Waals surface area contributed by atoms with E-state index in [0.717, 1.165) is 21.3 Å². The van der Waals surface area contributed by atoms with Gasteiger partial charge in [0.2, 0.25) is 0 Å². The van der Waals surface area contributed by atoms with Crippen molar-refractivity contribution in [2.75, 3.05) is 13.2 Å². The summed E-state index contributed by atoms with van der Waals surface area (Å²) in [5, 5.41) is 3.67. The molecule has 3 nitrogen and oxygen atoms in total. The molecular weight excluding hydrogens is 256 g/mol. The fourth-order valence-corrected chi connectivity index (χ4v) is 2.38. The number of benzene rings is 1. The van der Waals surface area contributed by atoms with Gasteiger partial charge >= 0.3 is 0 Å². The molecule has 0 bridgehead atoms. The number of aromatic nitrogens is 1. The first-order valence-corrected chi connectivity index (χ1v) is 6.53. The zero-order valence-corrected chi connectivity index (χ0v) is 10.8. The van der Waals surface area contributed by atoms with E-state index in [-0.39, 0.29) is 0 Å². The Morgan fingerprint density at radius 2 is 2.29 bits per heavy atom. The van der Waals surface area contributed by atoms with Gasteiger partial charge in [0.25, 0.3) is 0 Å². The van der Waals surface area contributed by atoms with Gasteiger partial charge in [-0.05, 0) is 12.1 Å². The molecule has 0 fully saturated rings. The largest absolute Gasteiger partial charge is 0.374 e. The lowest BCUT2D eigenvalue weighted by atomic mass is 10.2. The van der Waals surface area contributed by atoms with Gasteiger partial charge in [-0.1, -0.05) is 23.7 Å². The minimum Gasteiger partial charge on any atom is -0.374 e. The standard InChI is InChI=1S/C12H13ClN2OS/c13-10-3-1-2-9(6-10)12-15-11(8-17-12)7-16-5-4-14/h1-3,6,8H,4-5,7,14H2. The van der Waals surface area contributed by atoms with Gasteiger partial charge in [-0.2, -0.15) is 0 Å². The number of rotatable bonds is 5. The number of nitrogens with two attached hydrogens (primary N) is 1. The molecule has 2 aromatic rings. The Hall–Kier alpha value is -0.940. The smallest absolute Gasteiger partial charge is 0.123 e. The molecule has 0 atom stereocenters. The average Bonchev–Trinajstić information content (AvgIpc) is 2.78. The average molecular weight is 269 g/mol. The Morgan fingerprint density at radius 3 is 3.06 bits per heavy atom. The van der Waals surface area contributed by atoms with Crippen LogP contribution in [0.3, 0.4) is 0 Å². The molecule has 0 aliphatic carbocycles. The molecule has 2 N–H and O–H groups in total. The zero-order valence-electron chi connectivity index (χ0n) is 9.23. The van der Waals surface area contributed by atoms with Crippen LogP contribution in [0.2, 0.25) is 5.02 Å². The molecule has 1 aromatic carbocycles. The molecule has 0 saturated heterocycles. The molecule has 1 heterocycles. The van der Waals surface area contributed by atoms with E-state index >= 15 is 0 Å². The van der Waals surface area contributed by atoms with Crippen LogP contribution in [0.25, 0.3) is 10.6 Å². The van der Waals surface area contributed by atoms with Crippen LogP contribution in [0.5, 0.6) is 0 Å². The van der Waals surface area contributed by atoms with E-state index in [2.05, 4.69) is 4.98 Å². The third kappa shape index (κ3) is 3.51. The minimum absolute atomic E-state index is 0.508. The molecule has 5 heteroatoms. The predicted molar refractivity (Wildman–Crippen MR) is 71.3 cm³/mol. The topological polar surface area (TPSA) is 48.1 Å². The van der Waals surface area contributed by atoms with Crippen molar-refractivity contribution in [1.82, 2.24) is 4.98 Å². The molecule has 17 heavy (non-hydrogen) atoms. The van der Waals surface area contributed by atoms with Gasteiger partial charge in [-0.3, -0.25) is 0 Å². The van der Waals surface area contributed by atoms with E-state index in [4.69, 9.17) is 22.1 Å². The first-order valence-electron chi connectivity index (χ1n) is 5.28. The van der Waals surface area contributed by atoms with Crippen molar-refractivity contribution in [2.24, 2.45) is 5.73 Å². The number of nitrogens with zero attached hydrogens (tertiary/aromatic N) is 1. The normalized spacial score (nSPS) is 10.7. The summed E-state index contributed by atoms with van der Waals surface area (Å²) in [6, 6.07) is 7.67. The Labute approximate surface area is 109 Å². The van der Waals surface area contributed by atoms with Crippen LogP contribution >= 0.6 is 22.9 Å². The van der Waals surface area contributed by atoms with Crippen molar-refractivity contribution in [1.29, 1.82) is 0 Å². The SMILES string of the molecule is NCCOCc1csc(-c2cccc(Cl)c2)n1. The Morgan fingerprint density at radius 1 is 1.41 bits per heavy atom. The lowest BCUT2D eigenvalue weighted by Crippen LogP contribution is -2.08. The molecular formula is C12H13ClN2OS.